The minimum atomic E-state index is 0.307. The first kappa shape index (κ1) is 8.86. The van der Waals surface area contributed by atoms with Gasteiger partial charge in [0, 0.05) is 18.2 Å². The van der Waals surface area contributed by atoms with E-state index in [4.69, 9.17) is 5.11 Å². The molecule has 1 aliphatic rings. The standard InChI is InChI=1S/C13H13NO/c15-8-9-7-12(9)10-5-6-14-13-4-2-1-3-11(10)13/h1-6,9,12,15H,7-8H2. The third-order valence-corrected chi connectivity index (χ3v) is 3.24. The van der Waals surface area contributed by atoms with Crippen LogP contribution in [0.15, 0.2) is 36.5 Å². The normalized spacial score (nSPS) is 24.3. The van der Waals surface area contributed by atoms with Crippen molar-refractivity contribution in [1.29, 1.82) is 0 Å². The monoisotopic (exact) mass is 199 g/mol. The number of aromatic nitrogens is 1. The first-order valence-electron chi connectivity index (χ1n) is 5.34. The molecule has 15 heavy (non-hydrogen) atoms. The second kappa shape index (κ2) is 3.31. The van der Waals surface area contributed by atoms with Gasteiger partial charge in [0.2, 0.25) is 0 Å². The number of pyridine rings is 1. The van der Waals surface area contributed by atoms with Crippen molar-refractivity contribution < 1.29 is 5.11 Å². The highest BCUT2D eigenvalue weighted by molar-refractivity contribution is 5.82. The topological polar surface area (TPSA) is 33.1 Å². The Balaban J connectivity index is 2.11. The van der Waals surface area contributed by atoms with Crippen LogP contribution in [0.5, 0.6) is 0 Å². The summed E-state index contributed by atoms with van der Waals surface area (Å²) in [4.78, 5) is 4.34. The highest BCUT2D eigenvalue weighted by Crippen LogP contribution is 2.48. The van der Waals surface area contributed by atoms with Gasteiger partial charge in [-0.05, 0) is 36.0 Å². The van der Waals surface area contributed by atoms with E-state index in [-0.39, 0.29) is 0 Å². The Labute approximate surface area is 88.6 Å². The van der Waals surface area contributed by atoms with Crippen LogP contribution in [0.3, 0.4) is 0 Å². The zero-order valence-corrected chi connectivity index (χ0v) is 8.43. The van der Waals surface area contributed by atoms with E-state index in [9.17, 15) is 0 Å². The number of hydrogen-bond donors (Lipinski definition) is 1. The molecule has 1 aromatic carbocycles. The van der Waals surface area contributed by atoms with E-state index in [1.807, 2.05) is 24.4 Å². The lowest BCUT2D eigenvalue weighted by atomic mass is 10.0. The third-order valence-electron chi connectivity index (χ3n) is 3.24. The van der Waals surface area contributed by atoms with Crippen molar-refractivity contribution in [2.45, 2.75) is 12.3 Å². The fourth-order valence-electron chi connectivity index (χ4n) is 2.27. The van der Waals surface area contributed by atoms with Gasteiger partial charge in [-0.1, -0.05) is 18.2 Å². The predicted octanol–water partition coefficient (Wildman–Crippen LogP) is 2.33. The van der Waals surface area contributed by atoms with E-state index in [2.05, 4.69) is 17.1 Å². The van der Waals surface area contributed by atoms with Gasteiger partial charge < -0.3 is 5.11 Å². The third kappa shape index (κ3) is 1.41. The molecule has 1 aliphatic carbocycles. The Morgan fingerprint density at radius 3 is 2.93 bits per heavy atom. The van der Waals surface area contributed by atoms with Crippen molar-refractivity contribution in [3.8, 4) is 0 Å². The van der Waals surface area contributed by atoms with E-state index in [1.54, 1.807) is 0 Å². The molecule has 0 saturated heterocycles. The lowest BCUT2D eigenvalue weighted by Gasteiger charge is -2.04. The van der Waals surface area contributed by atoms with Crippen molar-refractivity contribution in [3.05, 3.63) is 42.1 Å². The van der Waals surface area contributed by atoms with Crippen LogP contribution < -0.4 is 0 Å². The first-order valence-corrected chi connectivity index (χ1v) is 5.34. The zero-order chi connectivity index (χ0) is 10.3. The SMILES string of the molecule is OCC1CC1c1ccnc2ccccc12. The summed E-state index contributed by atoms with van der Waals surface area (Å²) in [5.74, 6) is 1.01. The zero-order valence-electron chi connectivity index (χ0n) is 8.43. The summed E-state index contributed by atoms with van der Waals surface area (Å²) in [6, 6.07) is 10.3. The number of hydrogen-bond acceptors (Lipinski definition) is 2. The maximum atomic E-state index is 9.09. The lowest BCUT2D eigenvalue weighted by Crippen LogP contribution is -1.91. The first-order chi connectivity index (χ1) is 7.40. The fraction of sp³-hybridized carbons (Fsp3) is 0.308. The molecule has 2 nitrogen and oxygen atoms in total. The number of benzene rings is 1. The molecule has 2 heteroatoms. The van der Waals surface area contributed by atoms with Crippen LogP contribution in [-0.2, 0) is 0 Å². The molecular formula is C13H13NO. The number of aliphatic hydroxyl groups excluding tert-OH is 1. The number of para-hydroxylation sites is 1. The van der Waals surface area contributed by atoms with Crippen LogP contribution in [0.1, 0.15) is 17.9 Å². The quantitative estimate of drug-likeness (QED) is 0.805. The summed E-state index contributed by atoms with van der Waals surface area (Å²) in [5.41, 5.74) is 2.40. The summed E-state index contributed by atoms with van der Waals surface area (Å²) in [6.07, 6.45) is 2.98. The molecule has 0 radical (unpaired) electrons. The molecule has 76 valence electrons. The number of fused-ring (bicyclic) bond motifs is 1. The molecule has 1 aromatic heterocycles. The molecule has 1 N–H and O–H groups in total. The van der Waals surface area contributed by atoms with Crippen molar-refractivity contribution in [2.75, 3.05) is 6.61 Å². The summed E-state index contributed by atoms with van der Waals surface area (Å²) in [6.45, 7) is 0.307. The molecular weight excluding hydrogens is 186 g/mol. The molecule has 2 unspecified atom stereocenters. The van der Waals surface area contributed by atoms with E-state index in [1.165, 1.54) is 10.9 Å². The average molecular weight is 199 g/mol. The Hall–Kier alpha value is -1.41. The highest BCUT2D eigenvalue weighted by atomic mass is 16.3. The smallest absolute Gasteiger partial charge is 0.0704 e. The molecule has 2 aromatic rings. The molecule has 1 heterocycles. The van der Waals surface area contributed by atoms with Gasteiger partial charge in [-0.15, -0.1) is 0 Å². The van der Waals surface area contributed by atoms with E-state index < -0.39 is 0 Å². The lowest BCUT2D eigenvalue weighted by molar-refractivity contribution is 0.274. The average Bonchev–Trinajstić information content (AvgIpc) is 3.07. The maximum Gasteiger partial charge on any atom is 0.0704 e. The van der Waals surface area contributed by atoms with Crippen molar-refractivity contribution in [1.82, 2.24) is 4.98 Å². The number of nitrogens with zero attached hydrogens (tertiary/aromatic N) is 1. The van der Waals surface area contributed by atoms with E-state index >= 15 is 0 Å². The Kier molecular flexibility index (Phi) is 1.96. The second-order valence-corrected chi connectivity index (χ2v) is 4.20. The van der Waals surface area contributed by atoms with Crippen LogP contribution in [0.2, 0.25) is 0 Å². The minimum absolute atomic E-state index is 0.307. The summed E-state index contributed by atoms with van der Waals surface area (Å²) in [5, 5.41) is 10.3. The molecule has 2 atom stereocenters. The molecule has 0 spiro atoms. The van der Waals surface area contributed by atoms with Crippen molar-refractivity contribution in [3.63, 3.8) is 0 Å². The Morgan fingerprint density at radius 1 is 1.27 bits per heavy atom. The fourth-order valence-corrected chi connectivity index (χ4v) is 2.27. The molecule has 3 rings (SSSR count). The second-order valence-electron chi connectivity index (χ2n) is 4.20. The predicted molar refractivity (Wildman–Crippen MR) is 59.7 cm³/mol. The van der Waals surface area contributed by atoms with Gasteiger partial charge >= 0.3 is 0 Å². The van der Waals surface area contributed by atoms with Crippen LogP contribution >= 0.6 is 0 Å². The van der Waals surface area contributed by atoms with Crippen molar-refractivity contribution >= 4 is 10.9 Å². The number of aliphatic hydroxyl groups is 1. The van der Waals surface area contributed by atoms with E-state index in [0.29, 0.717) is 18.4 Å². The maximum absolute atomic E-state index is 9.09. The molecule has 1 saturated carbocycles. The van der Waals surface area contributed by atoms with Crippen molar-refractivity contribution in [2.24, 2.45) is 5.92 Å². The van der Waals surface area contributed by atoms with Gasteiger partial charge in [0.1, 0.15) is 0 Å². The molecule has 1 fully saturated rings. The van der Waals surface area contributed by atoms with Gasteiger partial charge in [-0.25, -0.2) is 0 Å². The van der Waals surface area contributed by atoms with Gasteiger partial charge in [-0.2, -0.15) is 0 Å². The number of rotatable bonds is 2. The highest BCUT2D eigenvalue weighted by Gasteiger charge is 2.38. The molecule has 0 bridgehead atoms. The van der Waals surface area contributed by atoms with Crippen LogP contribution in [0.4, 0.5) is 0 Å². The Bertz CT molecular complexity index is 489. The van der Waals surface area contributed by atoms with Gasteiger partial charge in [0.05, 0.1) is 5.52 Å². The van der Waals surface area contributed by atoms with Gasteiger partial charge in [-0.3, -0.25) is 4.98 Å². The largest absolute Gasteiger partial charge is 0.396 e. The minimum Gasteiger partial charge on any atom is -0.396 e. The Morgan fingerprint density at radius 2 is 2.13 bits per heavy atom. The van der Waals surface area contributed by atoms with Gasteiger partial charge in [0.25, 0.3) is 0 Å². The summed E-state index contributed by atoms with van der Waals surface area (Å²) in [7, 11) is 0. The van der Waals surface area contributed by atoms with Crippen LogP contribution in [0, 0.1) is 5.92 Å². The van der Waals surface area contributed by atoms with Crippen LogP contribution in [-0.4, -0.2) is 16.7 Å². The van der Waals surface area contributed by atoms with E-state index in [0.717, 1.165) is 11.9 Å². The van der Waals surface area contributed by atoms with Crippen LogP contribution in [0.25, 0.3) is 10.9 Å². The summed E-state index contributed by atoms with van der Waals surface area (Å²) >= 11 is 0. The summed E-state index contributed by atoms with van der Waals surface area (Å²) < 4.78 is 0. The molecule has 0 amide bonds. The molecule has 0 aliphatic heterocycles. The van der Waals surface area contributed by atoms with Gasteiger partial charge in [0.15, 0.2) is 0 Å².